The van der Waals surface area contributed by atoms with Crippen molar-refractivity contribution in [1.82, 2.24) is 10.2 Å². The average molecular weight is 298 g/mol. The largest absolute Gasteiger partial charge is 0.444 e. The second-order valence-corrected chi connectivity index (χ2v) is 7.49. The molecule has 2 atom stereocenters. The third-order valence-electron chi connectivity index (χ3n) is 3.88. The fourth-order valence-electron chi connectivity index (χ4n) is 2.85. The highest BCUT2D eigenvalue weighted by Crippen LogP contribution is 2.19. The quantitative estimate of drug-likeness (QED) is 0.813. The summed E-state index contributed by atoms with van der Waals surface area (Å²) in [6.45, 7) is 14.0. The van der Waals surface area contributed by atoms with Crippen molar-refractivity contribution in [3.63, 3.8) is 0 Å². The summed E-state index contributed by atoms with van der Waals surface area (Å²) in [7, 11) is 0. The van der Waals surface area contributed by atoms with Gasteiger partial charge in [-0.15, -0.1) is 0 Å². The maximum absolute atomic E-state index is 12.1. The van der Waals surface area contributed by atoms with E-state index in [2.05, 4.69) is 19.2 Å². The highest BCUT2D eigenvalue weighted by molar-refractivity contribution is 5.68. The first kappa shape index (κ1) is 18.3. The van der Waals surface area contributed by atoms with Crippen molar-refractivity contribution in [3.8, 4) is 0 Å². The number of piperidine rings is 1. The molecule has 4 heteroatoms. The van der Waals surface area contributed by atoms with Crippen LogP contribution in [-0.4, -0.2) is 42.8 Å². The van der Waals surface area contributed by atoms with Crippen LogP contribution in [0.4, 0.5) is 4.79 Å². The molecule has 1 heterocycles. The molecule has 1 amide bonds. The Kier molecular flexibility index (Phi) is 7.50. The van der Waals surface area contributed by atoms with Crippen LogP contribution in [0.1, 0.15) is 60.3 Å². The molecule has 0 aliphatic carbocycles. The third kappa shape index (κ3) is 7.70. The zero-order valence-electron chi connectivity index (χ0n) is 14.6. The maximum atomic E-state index is 12.1. The molecule has 1 aliphatic heterocycles. The van der Waals surface area contributed by atoms with Gasteiger partial charge in [0.25, 0.3) is 0 Å². The molecule has 21 heavy (non-hydrogen) atoms. The van der Waals surface area contributed by atoms with Crippen molar-refractivity contribution in [2.24, 2.45) is 11.8 Å². The molecule has 0 spiro atoms. The first-order valence-electron chi connectivity index (χ1n) is 8.50. The minimum atomic E-state index is -0.405. The van der Waals surface area contributed by atoms with Crippen LogP contribution in [0.2, 0.25) is 0 Å². The van der Waals surface area contributed by atoms with Gasteiger partial charge in [-0.1, -0.05) is 20.3 Å². The first-order chi connectivity index (χ1) is 9.81. The fourth-order valence-corrected chi connectivity index (χ4v) is 2.85. The van der Waals surface area contributed by atoms with E-state index in [0.717, 1.165) is 38.5 Å². The van der Waals surface area contributed by atoms with E-state index in [0.29, 0.717) is 5.92 Å². The minimum absolute atomic E-state index is 0.161. The number of carbonyl (C=O) groups excluding carboxylic acids is 1. The second-order valence-electron chi connectivity index (χ2n) is 7.49. The lowest BCUT2D eigenvalue weighted by Gasteiger charge is -2.34. The lowest BCUT2D eigenvalue weighted by atomic mass is 9.98. The molecule has 1 N–H and O–H groups in total. The fraction of sp³-hybridized carbons (Fsp3) is 0.941. The van der Waals surface area contributed by atoms with E-state index in [1.54, 1.807) is 0 Å². The summed E-state index contributed by atoms with van der Waals surface area (Å²) in [5, 5.41) is 3.57. The van der Waals surface area contributed by atoms with Crippen molar-refractivity contribution in [3.05, 3.63) is 0 Å². The molecule has 0 radical (unpaired) electrons. The van der Waals surface area contributed by atoms with Gasteiger partial charge in [0.05, 0.1) is 0 Å². The standard InChI is InChI=1S/C17H34N2O2/c1-6-8-14(2)11-18-12-15-9-7-10-19(13-15)16(20)21-17(3,4)5/h14-15,18H,6-13H2,1-5H3. The van der Waals surface area contributed by atoms with E-state index in [9.17, 15) is 4.79 Å². The molecule has 0 saturated carbocycles. The minimum Gasteiger partial charge on any atom is -0.444 e. The average Bonchev–Trinajstić information content (AvgIpc) is 2.37. The van der Waals surface area contributed by atoms with Crippen LogP contribution >= 0.6 is 0 Å². The van der Waals surface area contributed by atoms with E-state index in [4.69, 9.17) is 4.74 Å². The van der Waals surface area contributed by atoms with E-state index >= 15 is 0 Å². The Labute approximate surface area is 130 Å². The predicted octanol–water partition coefficient (Wildman–Crippen LogP) is 3.66. The number of nitrogens with zero attached hydrogens (tertiary/aromatic N) is 1. The highest BCUT2D eigenvalue weighted by Gasteiger charge is 2.27. The zero-order chi connectivity index (χ0) is 15.9. The Hall–Kier alpha value is -0.770. The normalized spacial score (nSPS) is 21.2. The van der Waals surface area contributed by atoms with Gasteiger partial charge in [0.1, 0.15) is 5.60 Å². The molecule has 0 aromatic heterocycles. The topological polar surface area (TPSA) is 41.6 Å². The summed E-state index contributed by atoms with van der Waals surface area (Å²) in [6, 6.07) is 0. The van der Waals surface area contributed by atoms with Gasteiger partial charge in [0.2, 0.25) is 0 Å². The number of hydrogen-bond acceptors (Lipinski definition) is 3. The molecule has 124 valence electrons. The van der Waals surface area contributed by atoms with Gasteiger partial charge in [-0.05, 0) is 65.0 Å². The van der Waals surface area contributed by atoms with Crippen LogP contribution in [0.15, 0.2) is 0 Å². The highest BCUT2D eigenvalue weighted by atomic mass is 16.6. The van der Waals surface area contributed by atoms with Crippen LogP contribution in [0, 0.1) is 11.8 Å². The van der Waals surface area contributed by atoms with Gasteiger partial charge in [-0.2, -0.15) is 0 Å². The summed E-state index contributed by atoms with van der Waals surface area (Å²) in [4.78, 5) is 14.0. The lowest BCUT2D eigenvalue weighted by molar-refractivity contribution is 0.0166. The molecule has 1 aliphatic rings. The zero-order valence-corrected chi connectivity index (χ0v) is 14.6. The number of carbonyl (C=O) groups is 1. The molecule has 1 rings (SSSR count). The van der Waals surface area contributed by atoms with Crippen molar-refractivity contribution in [2.75, 3.05) is 26.2 Å². The first-order valence-corrected chi connectivity index (χ1v) is 8.50. The van der Waals surface area contributed by atoms with Gasteiger partial charge in [0, 0.05) is 13.1 Å². The SMILES string of the molecule is CCCC(C)CNCC1CCCN(C(=O)OC(C)(C)C)C1. The molecule has 0 aromatic rings. The smallest absolute Gasteiger partial charge is 0.410 e. The predicted molar refractivity (Wildman–Crippen MR) is 87.5 cm³/mol. The number of hydrogen-bond donors (Lipinski definition) is 1. The summed E-state index contributed by atoms with van der Waals surface area (Å²) in [5.74, 6) is 1.29. The lowest BCUT2D eigenvalue weighted by Crippen LogP contribution is -2.45. The summed E-state index contributed by atoms with van der Waals surface area (Å²) < 4.78 is 5.47. The second kappa shape index (κ2) is 8.62. The molecule has 1 saturated heterocycles. The van der Waals surface area contributed by atoms with Gasteiger partial charge in [0.15, 0.2) is 0 Å². The molecule has 4 nitrogen and oxygen atoms in total. The van der Waals surface area contributed by atoms with E-state index < -0.39 is 5.60 Å². The molecular formula is C17H34N2O2. The van der Waals surface area contributed by atoms with E-state index in [1.165, 1.54) is 19.3 Å². The van der Waals surface area contributed by atoms with Crippen molar-refractivity contribution in [2.45, 2.75) is 65.9 Å². The Bertz CT molecular complexity index is 312. The van der Waals surface area contributed by atoms with Crippen LogP contribution in [0.3, 0.4) is 0 Å². The molecule has 2 unspecified atom stereocenters. The number of likely N-dealkylation sites (tertiary alicyclic amines) is 1. The summed E-state index contributed by atoms with van der Waals surface area (Å²) >= 11 is 0. The Balaban J connectivity index is 2.30. The summed E-state index contributed by atoms with van der Waals surface area (Å²) in [6.07, 6.45) is 4.65. The van der Waals surface area contributed by atoms with Crippen molar-refractivity contribution >= 4 is 6.09 Å². The number of ether oxygens (including phenoxy) is 1. The molecule has 1 fully saturated rings. The van der Waals surface area contributed by atoms with Crippen molar-refractivity contribution in [1.29, 1.82) is 0 Å². The molecule has 0 aromatic carbocycles. The van der Waals surface area contributed by atoms with Crippen LogP contribution in [0.5, 0.6) is 0 Å². The Morgan fingerprint density at radius 2 is 2.14 bits per heavy atom. The van der Waals surface area contributed by atoms with Gasteiger partial charge >= 0.3 is 6.09 Å². The van der Waals surface area contributed by atoms with Crippen LogP contribution in [0.25, 0.3) is 0 Å². The van der Waals surface area contributed by atoms with Crippen molar-refractivity contribution < 1.29 is 9.53 Å². The number of amides is 1. The van der Waals surface area contributed by atoms with E-state index in [-0.39, 0.29) is 6.09 Å². The monoisotopic (exact) mass is 298 g/mol. The van der Waals surface area contributed by atoms with Crippen LogP contribution < -0.4 is 5.32 Å². The molecular weight excluding hydrogens is 264 g/mol. The number of nitrogens with one attached hydrogen (secondary N) is 1. The third-order valence-corrected chi connectivity index (χ3v) is 3.88. The van der Waals surface area contributed by atoms with Gasteiger partial charge in [-0.25, -0.2) is 4.79 Å². The van der Waals surface area contributed by atoms with Crippen LogP contribution in [-0.2, 0) is 4.74 Å². The van der Waals surface area contributed by atoms with Gasteiger partial charge in [-0.3, -0.25) is 0 Å². The summed E-state index contributed by atoms with van der Waals surface area (Å²) in [5.41, 5.74) is -0.405. The van der Waals surface area contributed by atoms with Gasteiger partial charge < -0.3 is 15.0 Å². The molecule has 0 bridgehead atoms. The number of rotatable bonds is 6. The Morgan fingerprint density at radius 1 is 1.43 bits per heavy atom. The van der Waals surface area contributed by atoms with E-state index in [1.807, 2.05) is 25.7 Å². The Morgan fingerprint density at radius 3 is 2.76 bits per heavy atom. The maximum Gasteiger partial charge on any atom is 0.410 e.